The molecule has 1 fully saturated rings. The second-order valence-corrected chi connectivity index (χ2v) is 10.3. The lowest BCUT2D eigenvalue weighted by molar-refractivity contribution is -0.384. The second kappa shape index (κ2) is 9.19. The van der Waals surface area contributed by atoms with Crippen LogP contribution in [0.15, 0.2) is 28.5 Å². The fourth-order valence-corrected chi connectivity index (χ4v) is 5.46. The number of aromatic nitrogens is 1. The van der Waals surface area contributed by atoms with Crippen LogP contribution in [-0.2, 0) is 16.4 Å². The van der Waals surface area contributed by atoms with Gasteiger partial charge in [-0.15, -0.1) is 11.3 Å². The Morgan fingerprint density at radius 1 is 1.28 bits per heavy atom. The molecule has 8 nitrogen and oxygen atoms in total. The van der Waals surface area contributed by atoms with Crippen molar-refractivity contribution < 1.29 is 13.3 Å². The molecule has 1 aromatic heterocycles. The Labute approximate surface area is 175 Å². The molecular weight excluding hydrogens is 412 g/mol. The van der Waals surface area contributed by atoms with Crippen molar-refractivity contribution in [3.05, 3.63) is 44.4 Å². The molecule has 0 amide bonds. The van der Waals surface area contributed by atoms with Gasteiger partial charge in [-0.2, -0.15) is 0 Å². The second-order valence-electron chi connectivity index (χ2n) is 7.55. The number of anilines is 1. The van der Waals surface area contributed by atoms with Crippen LogP contribution in [0.3, 0.4) is 0 Å². The van der Waals surface area contributed by atoms with Crippen LogP contribution in [0.4, 0.5) is 11.4 Å². The highest BCUT2D eigenvalue weighted by molar-refractivity contribution is 7.89. The van der Waals surface area contributed by atoms with Crippen LogP contribution >= 0.6 is 11.3 Å². The first kappa shape index (κ1) is 21.7. The zero-order chi connectivity index (χ0) is 21.0. The van der Waals surface area contributed by atoms with E-state index in [1.54, 1.807) is 11.3 Å². The molecule has 0 radical (unpaired) electrons. The van der Waals surface area contributed by atoms with Gasteiger partial charge < -0.3 is 5.32 Å². The molecule has 2 aromatic rings. The highest BCUT2D eigenvalue weighted by atomic mass is 32.2. The number of nitrogens with zero attached hydrogens (tertiary/aromatic N) is 2. The van der Waals surface area contributed by atoms with Gasteiger partial charge in [0.1, 0.15) is 5.69 Å². The number of hydrogen-bond acceptors (Lipinski definition) is 7. The molecule has 1 aliphatic carbocycles. The van der Waals surface area contributed by atoms with Gasteiger partial charge in [0.25, 0.3) is 5.69 Å². The van der Waals surface area contributed by atoms with Crippen molar-refractivity contribution in [1.29, 1.82) is 0 Å². The maximum Gasteiger partial charge on any atom is 0.293 e. The number of benzene rings is 1. The zero-order valence-corrected chi connectivity index (χ0v) is 18.2. The van der Waals surface area contributed by atoms with E-state index in [9.17, 15) is 18.5 Å². The van der Waals surface area contributed by atoms with E-state index in [1.165, 1.54) is 12.1 Å². The fourth-order valence-electron chi connectivity index (χ4n) is 3.49. The smallest absolute Gasteiger partial charge is 0.293 e. The van der Waals surface area contributed by atoms with Gasteiger partial charge in [-0.3, -0.25) is 10.1 Å². The Balaban J connectivity index is 1.70. The van der Waals surface area contributed by atoms with E-state index in [2.05, 4.69) is 21.9 Å². The molecular formula is C19H26N4O4S2. The molecule has 10 heteroatoms. The van der Waals surface area contributed by atoms with Crippen molar-refractivity contribution >= 4 is 32.7 Å². The molecule has 3 rings (SSSR count). The van der Waals surface area contributed by atoms with E-state index >= 15 is 0 Å². The minimum Gasteiger partial charge on any atom is -0.379 e. The Hall–Kier alpha value is -2.04. The molecule has 1 aromatic carbocycles. The molecule has 0 atom stereocenters. The number of sulfonamides is 1. The zero-order valence-electron chi connectivity index (χ0n) is 16.6. The summed E-state index contributed by atoms with van der Waals surface area (Å²) in [4.78, 5) is 15.2. The number of aryl methyl sites for hydroxylation is 1. The standard InChI is InChI=1S/C19H26N4O4S2/c1-13-3-5-15(6-4-13)22-29(26,27)17-7-8-18(19(11-17)23(24)25)20-10-9-16-12-28-14(2)21-16/h7-8,11-13,15,20,22H,3-6,9-10H2,1-2H3. The van der Waals surface area contributed by atoms with Crippen molar-refractivity contribution in [2.45, 2.75) is 56.9 Å². The van der Waals surface area contributed by atoms with Gasteiger partial charge in [0.2, 0.25) is 10.0 Å². The molecule has 1 aliphatic rings. The lowest BCUT2D eigenvalue weighted by Gasteiger charge is -2.26. The third-order valence-electron chi connectivity index (χ3n) is 5.18. The molecule has 158 valence electrons. The third-order valence-corrected chi connectivity index (χ3v) is 7.52. The van der Waals surface area contributed by atoms with Crippen molar-refractivity contribution in [3.8, 4) is 0 Å². The normalized spacial score (nSPS) is 19.8. The largest absolute Gasteiger partial charge is 0.379 e. The van der Waals surface area contributed by atoms with E-state index < -0.39 is 14.9 Å². The van der Waals surface area contributed by atoms with Gasteiger partial charge in [-0.05, 0) is 50.7 Å². The SMILES string of the molecule is Cc1nc(CCNc2ccc(S(=O)(=O)NC3CCC(C)CC3)cc2[N+](=O)[O-])cs1. The predicted octanol–water partition coefficient (Wildman–Crippen LogP) is 3.87. The molecule has 29 heavy (non-hydrogen) atoms. The highest BCUT2D eigenvalue weighted by Crippen LogP contribution is 2.29. The average Bonchev–Trinajstić information content (AvgIpc) is 3.08. The Bertz CT molecular complexity index is 966. The van der Waals surface area contributed by atoms with Crippen molar-refractivity contribution in [3.63, 3.8) is 0 Å². The summed E-state index contributed by atoms with van der Waals surface area (Å²) in [7, 11) is -3.80. The molecule has 0 bridgehead atoms. The van der Waals surface area contributed by atoms with Gasteiger partial charge in [0, 0.05) is 30.5 Å². The predicted molar refractivity (Wildman–Crippen MR) is 114 cm³/mol. The average molecular weight is 439 g/mol. The summed E-state index contributed by atoms with van der Waals surface area (Å²) >= 11 is 1.56. The molecule has 0 aliphatic heterocycles. The third kappa shape index (κ3) is 5.74. The summed E-state index contributed by atoms with van der Waals surface area (Å²) in [5.74, 6) is 0.607. The Kier molecular flexibility index (Phi) is 6.86. The van der Waals surface area contributed by atoms with E-state index in [0.29, 0.717) is 24.6 Å². The minimum atomic E-state index is -3.80. The van der Waals surface area contributed by atoms with Crippen molar-refractivity contribution in [1.82, 2.24) is 9.71 Å². The molecule has 0 unspecified atom stereocenters. The summed E-state index contributed by atoms with van der Waals surface area (Å²) < 4.78 is 28.1. The van der Waals surface area contributed by atoms with Gasteiger partial charge in [0.05, 0.1) is 20.5 Å². The molecule has 2 N–H and O–H groups in total. The maximum absolute atomic E-state index is 12.7. The number of nitro groups is 1. The fraction of sp³-hybridized carbons (Fsp3) is 0.526. The number of nitrogens with one attached hydrogen (secondary N) is 2. The van der Waals surface area contributed by atoms with Gasteiger partial charge in [0.15, 0.2) is 0 Å². The van der Waals surface area contributed by atoms with E-state index in [4.69, 9.17) is 0 Å². The lowest BCUT2D eigenvalue weighted by Crippen LogP contribution is -2.37. The summed E-state index contributed by atoms with van der Waals surface area (Å²) in [6.07, 6.45) is 4.17. The molecule has 1 heterocycles. The summed E-state index contributed by atoms with van der Waals surface area (Å²) in [5.41, 5.74) is 0.972. The van der Waals surface area contributed by atoms with Gasteiger partial charge in [-0.25, -0.2) is 18.1 Å². The molecule has 0 saturated heterocycles. The first-order chi connectivity index (χ1) is 13.7. The summed E-state index contributed by atoms with van der Waals surface area (Å²) in [6.45, 7) is 4.55. The van der Waals surface area contributed by atoms with E-state index in [-0.39, 0.29) is 16.6 Å². The maximum atomic E-state index is 12.7. The summed E-state index contributed by atoms with van der Waals surface area (Å²) in [5, 5.41) is 17.5. The quantitative estimate of drug-likeness (QED) is 0.478. The van der Waals surface area contributed by atoms with Crippen molar-refractivity contribution in [2.24, 2.45) is 5.92 Å². The molecule has 0 spiro atoms. The monoisotopic (exact) mass is 438 g/mol. The van der Waals surface area contributed by atoms with Crippen LogP contribution in [0.2, 0.25) is 0 Å². The van der Waals surface area contributed by atoms with Crippen LogP contribution in [0.5, 0.6) is 0 Å². The minimum absolute atomic E-state index is 0.0801. The van der Waals surface area contributed by atoms with Crippen LogP contribution < -0.4 is 10.0 Å². The van der Waals surface area contributed by atoms with Crippen LogP contribution in [-0.4, -0.2) is 30.9 Å². The van der Waals surface area contributed by atoms with Crippen LogP contribution in [0.25, 0.3) is 0 Å². The summed E-state index contributed by atoms with van der Waals surface area (Å²) in [6, 6.07) is 3.89. The van der Waals surface area contributed by atoms with Crippen LogP contribution in [0.1, 0.15) is 43.3 Å². The lowest BCUT2D eigenvalue weighted by atomic mass is 9.88. The molecule has 1 saturated carbocycles. The van der Waals surface area contributed by atoms with E-state index in [1.807, 2.05) is 12.3 Å². The van der Waals surface area contributed by atoms with E-state index in [0.717, 1.165) is 42.5 Å². The number of rotatable bonds is 8. The first-order valence-electron chi connectivity index (χ1n) is 9.70. The number of nitro benzene ring substituents is 1. The number of hydrogen-bond donors (Lipinski definition) is 2. The van der Waals surface area contributed by atoms with Crippen molar-refractivity contribution in [2.75, 3.05) is 11.9 Å². The Morgan fingerprint density at radius 2 is 2.00 bits per heavy atom. The van der Waals surface area contributed by atoms with Gasteiger partial charge >= 0.3 is 0 Å². The number of thiazole rings is 1. The topological polar surface area (TPSA) is 114 Å². The Morgan fingerprint density at radius 3 is 2.62 bits per heavy atom. The van der Waals surface area contributed by atoms with Gasteiger partial charge in [-0.1, -0.05) is 6.92 Å². The van der Waals surface area contributed by atoms with Crippen LogP contribution in [0, 0.1) is 23.0 Å². The first-order valence-corrected chi connectivity index (χ1v) is 12.1. The highest BCUT2D eigenvalue weighted by Gasteiger charge is 2.26.